The fraction of sp³-hybridized carbons (Fsp3) is 0.190. The Morgan fingerprint density at radius 2 is 1.81 bits per heavy atom. The Hall–Kier alpha value is -4.08. The molecule has 0 spiro atoms. The van der Waals surface area contributed by atoms with E-state index in [1.165, 1.54) is 6.07 Å². The molecule has 0 bridgehead atoms. The quantitative estimate of drug-likeness (QED) is 0.449. The molecule has 5 N–H and O–H groups in total. The Balaban J connectivity index is 0.00000272. The van der Waals surface area contributed by atoms with Gasteiger partial charge in [-0.1, -0.05) is 32.5 Å². The van der Waals surface area contributed by atoms with E-state index in [4.69, 9.17) is 11.5 Å². The van der Waals surface area contributed by atoms with E-state index in [-0.39, 0.29) is 55.1 Å². The smallest absolute Gasteiger partial charge is 0.224 e. The molecule has 4 aromatic rings. The second kappa shape index (κ2) is 8.74. The van der Waals surface area contributed by atoms with Crippen LogP contribution in [0.2, 0.25) is 0 Å². The van der Waals surface area contributed by atoms with Crippen molar-refractivity contribution in [1.82, 2.24) is 24.6 Å². The molecule has 9 nitrogen and oxygen atoms in total. The zero-order chi connectivity index (χ0) is 21.3. The highest BCUT2D eigenvalue weighted by Crippen LogP contribution is 2.29. The SMILES string of the molecule is C.CCC(=O)Nc1c(N)nc(-c2nc(Cc3ccccc3F)n3ncccc23)nc1N. The number of aromatic nitrogens is 5. The molecule has 0 radical (unpaired) electrons. The Morgan fingerprint density at radius 3 is 2.48 bits per heavy atom. The van der Waals surface area contributed by atoms with Crippen molar-refractivity contribution in [3.63, 3.8) is 0 Å². The number of nitrogens with one attached hydrogen (secondary N) is 1. The molecular weight excluding hydrogens is 399 g/mol. The normalized spacial score (nSPS) is 10.6. The van der Waals surface area contributed by atoms with Gasteiger partial charge in [0.1, 0.15) is 23.0 Å². The monoisotopic (exact) mass is 422 g/mol. The summed E-state index contributed by atoms with van der Waals surface area (Å²) in [6.07, 6.45) is 2.09. The van der Waals surface area contributed by atoms with Gasteiger partial charge in [-0.15, -0.1) is 0 Å². The molecule has 0 aliphatic heterocycles. The van der Waals surface area contributed by atoms with Crippen molar-refractivity contribution >= 4 is 28.7 Å². The number of nitrogens with two attached hydrogens (primary N) is 2. The number of amides is 1. The Morgan fingerprint density at radius 1 is 1.10 bits per heavy atom. The molecule has 0 aliphatic carbocycles. The lowest BCUT2D eigenvalue weighted by atomic mass is 10.1. The topological polar surface area (TPSA) is 137 Å². The lowest BCUT2D eigenvalue weighted by molar-refractivity contribution is -0.115. The predicted octanol–water partition coefficient (Wildman–Crippen LogP) is 3.07. The number of imidazole rings is 1. The van der Waals surface area contributed by atoms with Crippen LogP contribution < -0.4 is 16.8 Å². The van der Waals surface area contributed by atoms with Crippen molar-refractivity contribution in [2.45, 2.75) is 27.2 Å². The molecule has 10 heteroatoms. The summed E-state index contributed by atoms with van der Waals surface area (Å²) < 4.78 is 15.7. The van der Waals surface area contributed by atoms with Crippen molar-refractivity contribution in [2.24, 2.45) is 0 Å². The van der Waals surface area contributed by atoms with Gasteiger partial charge in [0.15, 0.2) is 17.5 Å². The van der Waals surface area contributed by atoms with Gasteiger partial charge in [-0.3, -0.25) is 4.79 Å². The molecule has 3 aromatic heterocycles. The lowest BCUT2D eigenvalue weighted by Gasteiger charge is -2.10. The number of carbonyl (C=O) groups is 1. The molecule has 0 aliphatic rings. The first kappa shape index (κ1) is 21.6. The minimum absolute atomic E-state index is 0. The van der Waals surface area contributed by atoms with E-state index in [9.17, 15) is 9.18 Å². The molecule has 0 fully saturated rings. The number of anilines is 3. The van der Waals surface area contributed by atoms with Gasteiger partial charge in [-0.05, 0) is 23.8 Å². The Kier molecular flexibility index (Phi) is 6.10. The van der Waals surface area contributed by atoms with E-state index >= 15 is 0 Å². The van der Waals surface area contributed by atoms with Crippen LogP contribution in [-0.2, 0) is 11.2 Å². The number of rotatable bonds is 5. The van der Waals surface area contributed by atoms with E-state index < -0.39 is 0 Å². The predicted molar refractivity (Wildman–Crippen MR) is 118 cm³/mol. The van der Waals surface area contributed by atoms with Gasteiger partial charge >= 0.3 is 0 Å². The zero-order valence-corrected chi connectivity index (χ0v) is 16.1. The van der Waals surface area contributed by atoms with Crippen LogP contribution in [0.4, 0.5) is 21.7 Å². The number of halogens is 1. The highest BCUT2D eigenvalue weighted by molar-refractivity contribution is 5.96. The Bertz CT molecular complexity index is 1230. The molecule has 1 amide bonds. The van der Waals surface area contributed by atoms with Gasteiger partial charge in [0, 0.05) is 19.0 Å². The Labute approximate surface area is 178 Å². The molecule has 160 valence electrons. The summed E-state index contributed by atoms with van der Waals surface area (Å²) >= 11 is 0. The van der Waals surface area contributed by atoms with Crippen molar-refractivity contribution in [1.29, 1.82) is 0 Å². The first-order chi connectivity index (χ1) is 14.5. The highest BCUT2D eigenvalue weighted by atomic mass is 19.1. The second-order valence-electron chi connectivity index (χ2n) is 6.56. The summed E-state index contributed by atoms with van der Waals surface area (Å²) in [6, 6.07) is 10.0. The van der Waals surface area contributed by atoms with Crippen LogP contribution in [0.1, 0.15) is 32.2 Å². The average molecular weight is 422 g/mol. The first-order valence-electron chi connectivity index (χ1n) is 9.27. The van der Waals surface area contributed by atoms with Crippen molar-refractivity contribution in [3.8, 4) is 11.5 Å². The van der Waals surface area contributed by atoms with Gasteiger partial charge < -0.3 is 16.8 Å². The van der Waals surface area contributed by atoms with Crippen LogP contribution in [0.25, 0.3) is 17.0 Å². The van der Waals surface area contributed by atoms with Crippen LogP contribution in [0.15, 0.2) is 42.6 Å². The maximum absolute atomic E-state index is 14.1. The second-order valence-corrected chi connectivity index (χ2v) is 6.56. The van der Waals surface area contributed by atoms with E-state index in [1.807, 2.05) is 0 Å². The molecule has 0 saturated heterocycles. The minimum atomic E-state index is -0.326. The van der Waals surface area contributed by atoms with Gasteiger partial charge in [0.25, 0.3) is 0 Å². The third kappa shape index (κ3) is 4.13. The van der Waals surface area contributed by atoms with Crippen LogP contribution in [0.5, 0.6) is 0 Å². The summed E-state index contributed by atoms with van der Waals surface area (Å²) in [4.78, 5) is 24.8. The van der Waals surface area contributed by atoms with Gasteiger partial charge in [0.2, 0.25) is 5.91 Å². The zero-order valence-electron chi connectivity index (χ0n) is 16.1. The maximum atomic E-state index is 14.1. The summed E-state index contributed by atoms with van der Waals surface area (Å²) in [5.74, 6) is 0.167. The van der Waals surface area contributed by atoms with Crippen LogP contribution >= 0.6 is 0 Å². The molecule has 1 aromatic carbocycles. The number of hydrogen-bond acceptors (Lipinski definition) is 7. The summed E-state index contributed by atoms with van der Waals surface area (Å²) in [5.41, 5.74) is 13.7. The number of nitrogens with zero attached hydrogens (tertiary/aromatic N) is 5. The molecular formula is C21H23FN8O. The van der Waals surface area contributed by atoms with Gasteiger partial charge in [-0.2, -0.15) is 5.10 Å². The van der Waals surface area contributed by atoms with Crippen molar-refractivity contribution < 1.29 is 9.18 Å². The molecule has 3 heterocycles. The largest absolute Gasteiger partial charge is 0.382 e. The maximum Gasteiger partial charge on any atom is 0.224 e. The molecule has 31 heavy (non-hydrogen) atoms. The fourth-order valence-electron chi connectivity index (χ4n) is 3.04. The standard InChI is InChI=1S/C20H19FN8O.CH4/c1-2-15(30)26-17-18(22)27-20(28-19(17)23)16-13-8-5-9-24-29(13)14(25-16)10-11-6-3-4-7-12(11)21;/h3-9H,2,10H2,1H3,(H,26,30)(H4,22,23,27,28);1H4. The summed E-state index contributed by atoms with van der Waals surface area (Å²) in [7, 11) is 0. The van der Waals surface area contributed by atoms with E-state index in [0.717, 1.165) is 0 Å². The molecule has 4 rings (SSSR count). The number of nitrogen functional groups attached to an aromatic ring is 2. The molecule has 0 atom stereocenters. The van der Waals surface area contributed by atoms with E-state index in [0.29, 0.717) is 22.6 Å². The fourth-order valence-corrected chi connectivity index (χ4v) is 3.04. The third-order valence-corrected chi connectivity index (χ3v) is 4.55. The van der Waals surface area contributed by atoms with Crippen LogP contribution in [-0.4, -0.2) is 30.5 Å². The highest BCUT2D eigenvalue weighted by Gasteiger charge is 2.20. The number of fused-ring (bicyclic) bond motifs is 1. The van der Waals surface area contributed by atoms with E-state index in [2.05, 4.69) is 25.4 Å². The number of carbonyl (C=O) groups excluding carboxylic acids is 1. The number of hydrogen-bond donors (Lipinski definition) is 3. The van der Waals surface area contributed by atoms with Crippen molar-refractivity contribution in [3.05, 3.63) is 59.8 Å². The third-order valence-electron chi connectivity index (χ3n) is 4.55. The first-order valence-corrected chi connectivity index (χ1v) is 9.27. The summed E-state index contributed by atoms with van der Waals surface area (Å²) in [5, 5.41) is 6.92. The van der Waals surface area contributed by atoms with Crippen molar-refractivity contribution in [2.75, 3.05) is 16.8 Å². The van der Waals surface area contributed by atoms with Crippen LogP contribution in [0, 0.1) is 5.82 Å². The van der Waals surface area contributed by atoms with Crippen LogP contribution in [0.3, 0.4) is 0 Å². The van der Waals surface area contributed by atoms with E-state index in [1.54, 1.807) is 48.0 Å². The number of benzene rings is 1. The summed E-state index contributed by atoms with van der Waals surface area (Å²) in [6.45, 7) is 1.71. The lowest BCUT2D eigenvalue weighted by Crippen LogP contribution is -2.15. The van der Waals surface area contributed by atoms with Gasteiger partial charge in [0.05, 0.1) is 5.52 Å². The van der Waals surface area contributed by atoms with Gasteiger partial charge in [-0.25, -0.2) is 23.9 Å². The molecule has 0 unspecified atom stereocenters. The average Bonchev–Trinajstić information content (AvgIpc) is 3.10. The minimum Gasteiger partial charge on any atom is -0.382 e. The molecule has 0 saturated carbocycles.